The van der Waals surface area contributed by atoms with Crippen LogP contribution in [0.5, 0.6) is 0 Å². The van der Waals surface area contributed by atoms with Crippen molar-refractivity contribution in [1.29, 1.82) is 0 Å². The topological polar surface area (TPSA) is 105 Å². The van der Waals surface area contributed by atoms with Crippen LogP contribution in [0.15, 0.2) is 0 Å². The first-order chi connectivity index (χ1) is 11.5. The molecule has 0 aromatic carbocycles. The summed E-state index contributed by atoms with van der Waals surface area (Å²) in [5.74, 6) is -0.0548. The molecule has 0 atom stereocenters. The Morgan fingerprint density at radius 2 is 1.80 bits per heavy atom. The van der Waals surface area contributed by atoms with E-state index in [0.29, 0.717) is 32.4 Å². The van der Waals surface area contributed by atoms with E-state index in [1.807, 2.05) is 6.92 Å². The number of nitrogens with one attached hydrogen (secondary N) is 2. The number of piperidine rings is 1. The lowest BCUT2D eigenvalue weighted by molar-refractivity contribution is -0.131. The number of ether oxygens (including phenoxy) is 1. The van der Waals surface area contributed by atoms with Gasteiger partial charge in [-0.15, -0.1) is 0 Å². The van der Waals surface area contributed by atoms with Gasteiger partial charge in [0.05, 0.1) is 5.75 Å². The third-order valence-electron chi connectivity index (χ3n) is 3.74. The van der Waals surface area contributed by atoms with Crippen molar-refractivity contribution in [1.82, 2.24) is 14.9 Å². The van der Waals surface area contributed by atoms with Crippen molar-refractivity contribution in [2.75, 3.05) is 25.4 Å². The van der Waals surface area contributed by atoms with Gasteiger partial charge in [-0.1, -0.05) is 13.3 Å². The summed E-state index contributed by atoms with van der Waals surface area (Å²) in [4.78, 5) is 25.3. The van der Waals surface area contributed by atoms with Crippen molar-refractivity contribution in [3.63, 3.8) is 0 Å². The molecule has 25 heavy (non-hydrogen) atoms. The summed E-state index contributed by atoms with van der Waals surface area (Å²) in [5.41, 5.74) is -0.611. The SMILES string of the molecule is CCCCS(=O)(=O)NC1CCN(C(=O)CNC(=O)OC(C)(C)C)CC1. The molecule has 2 amide bonds. The monoisotopic (exact) mass is 377 g/mol. The van der Waals surface area contributed by atoms with Gasteiger partial charge in [0.2, 0.25) is 15.9 Å². The van der Waals surface area contributed by atoms with Crippen molar-refractivity contribution in [3.8, 4) is 0 Å². The molecule has 0 aromatic heterocycles. The number of amides is 2. The Hall–Kier alpha value is -1.35. The quantitative estimate of drug-likeness (QED) is 0.694. The zero-order valence-corrected chi connectivity index (χ0v) is 16.4. The predicted molar refractivity (Wildman–Crippen MR) is 95.7 cm³/mol. The Balaban J connectivity index is 2.33. The Morgan fingerprint density at radius 3 is 2.32 bits per heavy atom. The minimum Gasteiger partial charge on any atom is -0.444 e. The van der Waals surface area contributed by atoms with Crippen molar-refractivity contribution in [2.24, 2.45) is 0 Å². The molecule has 0 radical (unpaired) electrons. The normalized spacial score (nSPS) is 16.6. The summed E-state index contributed by atoms with van der Waals surface area (Å²) in [6, 6.07) is -0.135. The van der Waals surface area contributed by atoms with E-state index in [4.69, 9.17) is 4.74 Å². The van der Waals surface area contributed by atoms with Crippen LogP contribution in [0.25, 0.3) is 0 Å². The maximum atomic E-state index is 12.1. The van der Waals surface area contributed by atoms with Crippen molar-refractivity contribution in [3.05, 3.63) is 0 Å². The van der Waals surface area contributed by atoms with E-state index in [-0.39, 0.29) is 24.2 Å². The smallest absolute Gasteiger partial charge is 0.408 e. The van der Waals surface area contributed by atoms with Gasteiger partial charge in [-0.2, -0.15) is 0 Å². The van der Waals surface area contributed by atoms with E-state index in [1.165, 1.54) is 0 Å². The van der Waals surface area contributed by atoms with Gasteiger partial charge in [0, 0.05) is 19.1 Å². The van der Waals surface area contributed by atoms with E-state index in [2.05, 4.69) is 10.0 Å². The second-order valence-electron chi connectivity index (χ2n) is 7.30. The number of sulfonamides is 1. The van der Waals surface area contributed by atoms with E-state index in [1.54, 1.807) is 25.7 Å². The van der Waals surface area contributed by atoms with Gasteiger partial charge in [0.1, 0.15) is 12.1 Å². The van der Waals surface area contributed by atoms with Crippen LogP contribution < -0.4 is 10.0 Å². The molecule has 0 aromatic rings. The minimum absolute atomic E-state index is 0.123. The second kappa shape index (κ2) is 9.38. The number of alkyl carbamates (subject to hydrolysis) is 1. The number of hydrogen-bond acceptors (Lipinski definition) is 5. The number of carbonyl (C=O) groups excluding carboxylic acids is 2. The number of likely N-dealkylation sites (tertiary alicyclic amines) is 1. The molecule has 0 spiro atoms. The van der Waals surface area contributed by atoms with Crippen LogP contribution in [0.4, 0.5) is 4.79 Å². The number of hydrogen-bond donors (Lipinski definition) is 2. The first-order valence-electron chi connectivity index (χ1n) is 8.77. The first kappa shape index (κ1) is 21.7. The summed E-state index contributed by atoms with van der Waals surface area (Å²) in [6.07, 6.45) is 1.99. The Kier molecular flexibility index (Phi) is 8.14. The molecule has 2 N–H and O–H groups in total. The van der Waals surface area contributed by atoms with Crippen LogP contribution in [0.2, 0.25) is 0 Å². The van der Waals surface area contributed by atoms with Gasteiger partial charge in [0.15, 0.2) is 0 Å². The molecule has 1 fully saturated rings. The van der Waals surface area contributed by atoms with Gasteiger partial charge in [-0.05, 0) is 40.0 Å². The van der Waals surface area contributed by atoms with Crippen LogP contribution >= 0.6 is 0 Å². The summed E-state index contributed by atoms with van der Waals surface area (Å²) in [5, 5.41) is 2.45. The van der Waals surface area contributed by atoms with Gasteiger partial charge in [0.25, 0.3) is 0 Å². The number of rotatable bonds is 7. The highest BCUT2D eigenvalue weighted by Gasteiger charge is 2.26. The van der Waals surface area contributed by atoms with Gasteiger partial charge >= 0.3 is 6.09 Å². The predicted octanol–water partition coefficient (Wildman–Crippen LogP) is 1.22. The number of nitrogens with zero attached hydrogens (tertiary/aromatic N) is 1. The molecule has 1 rings (SSSR count). The molecule has 9 heteroatoms. The molecule has 1 heterocycles. The Bertz CT molecular complexity index is 549. The molecule has 0 aliphatic carbocycles. The zero-order valence-electron chi connectivity index (χ0n) is 15.6. The highest BCUT2D eigenvalue weighted by Crippen LogP contribution is 2.12. The first-order valence-corrected chi connectivity index (χ1v) is 10.4. The minimum atomic E-state index is -3.25. The average molecular weight is 378 g/mol. The average Bonchev–Trinajstić information content (AvgIpc) is 2.49. The third kappa shape index (κ3) is 9.06. The van der Waals surface area contributed by atoms with Crippen molar-refractivity contribution in [2.45, 2.75) is 65.0 Å². The largest absolute Gasteiger partial charge is 0.444 e. The fourth-order valence-electron chi connectivity index (χ4n) is 2.47. The maximum Gasteiger partial charge on any atom is 0.408 e. The van der Waals surface area contributed by atoms with Crippen molar-refractivity contribution < 1.29 is 22.7 Å². The molecule has 1 aliphatic heterocycles. The van der Waals surface area contributed by atoms with E-state index < -0.39 is 21.7 Å². The fraction of sp³-hybridized carbons (Fsp3) is 0.875. The molecule has 0 unspecified atom stereocenters. The van der Waals surface area contributed by atoms with E-state index in [9.17, 15) is 18.0 Å². The maximum absolute atomic E-state index is 12.1. The lowest BCUT2D eigenvalue weighted by atomic mass is 10.1. The van der Waals surface area contributed by atoms with Crippen LogP contribution in [0, 0.1) is 0 Å². The highest BCUT2D eigenvalue weighted by molar-refractivity contribution is 7.89. The molecular formula is C16H31N3O5S. The van der Waals surface area contributed by atoms with Gasteiger partial charge in [-0.25, -0.2) is 17.9 Å². The summed E-state index contributed by atoms with van der Waals surface area (Å²) in [7, 11) is -3.25. The lowest BCUT2D eigenvalue weighted by Crippen LogP contribution is -2.49. The number of unbranched alkanes of at least 4 members (excludes halogenated alkanes) is 1. The summed E-state index contributed by atoms with van der Waals surface area (Å²) in [6.45, 7) is 8.01. The molecule has 0 saturated carbocycles. The van der Waals surface area contributed by atoms with Crippen molar-refractivity contribution >= 4 is 22.0 Å². The summed E-state index contributed by atoms with van der Waals surface area (Å²) < 4.78 is 31.6. The molecule has 1 aliphatic rings. The van der Waals surface area contributed by atoms with Gasteiger partial charge in [-0.3, -0.25) is 4.79 Å². The Labute approximate surface area is 150 Å². The van der Waals surface area contributed by atoms with Crippen LogP contribution in [0.1, 0.15) is 53.4 Å². The van der Waals surface area contributed by atoms with E-state index >= 15 is 0 Å². The Morgan fingerprint density at radius 1 is 1.20 bits per heavy atom. The molecular weight excluding hydrogens is 346 g/mol. The second-order valence-corrected chi connectivity index (χ2v) is 9.17. The van der Waals surface area contributed by atoms with Crippen LogP contribution in [0.3, 0.4) is 0 Å². The zero-order chi connectivity index (χ0) is 19.1. The molecule has 146 valence electrons. The summed E-state index contributed by atoms with van der Waals surface area (Å²) >= 11 is 0. The molecule has 1 saturated heterocycles. The van der Waals surface area contributed by atoms with Gasteiger partial charge < -0.3 is 15.0 Å². The standard InChI is InChI=1S/C16H31N3O5S/c1-5-6-11-25(22,23)18-13-7-9-19(10-8-13)14(20)12-17-15(21)24-16(2,3)4/h13,18H,5-12H2,1-4H3,(H,17,21). The van der Waals surface area contributed by atoms with Crippen LogP contribution in [-0.4, -0.2) is 62.3 Å². The lowest BCUT2D eigenvalue weighted by Gasteiger charge is -2.32. The molecule has 8 nitrogen and oxygen atoms in total. The fourth-order valence-corrected chi connectivity index (χ4v) is 4.00. The van der Waals surface area contributed by atoms with E-state index in [0.717, 1.165) is 6.42 Å². The van der Waals surface area contributed by atoms with Crippen LogP contribution in [-0.2, 0) is 19.6 Å². The third-order valence-corrected chi connectivity index (χ3v) is 5.26. The highest BCUT2D eigenvalue weighted by atomic mass is 32.2. The molecule has 0 bridgehead atoms. The number of carbonyl (C=O) groups is 2.